The van der Waals surface area contributed by atoms with E-state index in [4.69, 9.17) is 14.9 Å². The summed E-state index contributed by atoms with van der Waals surface area (Å²) in [7, 11) is 0. The quantitative estimate of drug-likeness (QED) is 0.551. The molecule has 2 unspecified atom stereocenters. The summed E-state index contributed by atoms with van der Waals surface area (Å²) in [5.41, 5.74) is -0.511. The van der Waals surface area contributed by atoms with Crippen molar-refractivity contribution in [1.82, 2.24) is 5.32 Å². The van der Waals surface area contributed by atoms with Gasteiger partial charge in [-0.2, -0.15) is 0 Å². The van der Waals surface area contributed by atoms with Crippen molar-refractivity contribution in [3.63, 3.8) is 0 Å². The molecule has 0 bridgehead atoms. The highest BCUT2D eigenvalue weighted by molar-refractivity contribution is 5.75. The van der Waals surface area contributed by atoms with Crippen LogP contribution in [0.4, 0.5) is 0 Å². The molecule has 0 amide bonds. The maximum absolute atomic E-state index is 11.4. The Balaban J connectivity index is 3.90. The Bertz CT molecular complexity index is 200. The highest BCUT2D eigenvalue weighted by atomic mass is 16.6. The van der Waals surface area contributed by atoms with Crippen molar-refractivity contribution in [2.24, 2.45) is 0 Å². The SMILES string of the molecule is CC(NCC(O)CO)C(=O)OC(C)(C)C. The molecule has 0 aliphatic heterocycles. The van der Waals surface area contributed by atoms with Crippen molar-refractivity contribution in [2.75, 3.05) is 13.2 Å². The van der Waals surface area contributed by atoms with Gasteiger partial charge in [-0.05, 0) is 27.7 Å². The average molecular weight is 219 g/mol. The molecule has 2 atom stereocenters. The van der Waals surface area contributed by atoms with E-state index >= 15 is 0 Å². The second-order valence-electron chi connectivity index (χ2n) is 4.50. The summed E-state index contributed by atoms with van der Waals surface area (Å²) in [4.78, 5) is 11.4. The van der Waals surface area contributed by atoms with E-state index in [-0.39, 0.29) is 19.1 Å². The number of carbonyl (C=O) groups excluding carboxylic acids is 1. The van der Waals surface area contributed by atoms with Gasteiger partial charge in [-0.3, -0.25) is 4.79 Å². The number of ether oxygens (including phenoxy) is 1. The lowest BCUT2D eigenvalue weighted by atomic mass is 10.2. The molecule has 3 N–H and O–H groups in total. The first kappa shape index (κ1) is 14.3. The number of carbonyl (C=O) groups is 1. The Morgan fingerprint density at radius 2 is 2.00 bits per heavy atom. The summed E-state index contributed by atoms with van der Waals surface area (Å²) in [6, 6.07) is -0.495. The van der Waals surface area contributed by atoms with Gasteiger partial charge in [-0.25, -0.2) is 0 Å². The zero-order chi connectivity index (χ0) is 12.1. The maximum atomic E-state index is 11.4. The third-order valence-electron chi connectivity index (χ3n) is 1.63. The molecule has 0 aromatic carbocycles. The van der Waals surface area contributed by atoms with Crippen LogP contribution in [-0.2, 0) is 9.53 Å². The Kier molecular flexibility index (Phi) is 5.79. The average Bonchev–Trinajstić information content (AvgIpc) is 2.10. The van der Waals surface area contributed by atoms with Crippen molar-refractivity contribution in [2.45, 2.75) is 45.4 Å². The molecule has 0 radical (unpaired) electrons. The fraction of sp³-hybridized carbons (Fsp3) is 0.900. The smallest absolute Gasteiger partial charge is 0.323 e. The predicted octanol–water partition coefficient (Wildman–Crippen LogP) is -0.341. The van der Waals surface area contributed by atoms with Crippen LogP contribution in [0.5, 0.6) is 0 Å². The molecule has 0 aromatic heterocycles. The molecule has 5 nitrogen and oxygen atoms in total. The van der Waals surface area contributed by atoms with Crippen LogP contribution in [0.25, 0.3) is 0 Å². The molecule has 90 valence electrons. The molecule has 5 heteroatoms. The summed E-state index contributed by atoms with van der Waals surface area (Å²) >= 11 is 0. The van der Waals surface area contributed by atoms with E-state index in [0.717, 1.165) is 0 Å². The Hall–Kier alpha value is -0.650. The topological polar surface area (TPSA) is 78.8 Å². The first-order valence-corrected chi connectivity index (χ1v) is 5.01. The van der Waals surface area contributed by atoms with Crippen LogP contribution in [0.2, 0.25) is 0 Å². The van der Waals surface area contributed by atoms with E-state index < -0.39 is 17.7 Å². The van der Waals surface area contributed by atoms with E-state index in [1.165, 1.54) is 0 Å². The Labute approximate surface area is 90.4 Å². The van der Waals surface area contributed by atoms with Gasteiger partial charge in [-0.15, -0.1) is 0 Å². The number of hydrogen-bond acceptors (Lipinski definition) is 5. The fourth-order valence-corrected chi connectivity index (χ4v) is 0.851. The molecule has 0 spiro atoms. The van der Waals surface area contributed by atoms with Gasteiger partial charge in [0.15, 0.2) is 0 Å². The number of hydrogen-bond donors (Lipinski definition) is 3. The lowest BCUT2D eigenvalue weighted by Crippen LogP contribution is -2.42. The van der Waals surface area contributed by atoms with Crippen molar-refractivity contribution in [3.05, 3.63) is 0 Å². The van der Waals surface area contributed by atoms with Gasteiger partial charge in [0.05, 0.1) is 12.7 Å². The van der Waals surface area contributed by atoms with Crippen LogP contribution >= 0.6 is 0 Å². The van der Waals surface area contributed by atoms with Crippen molar-refractivity contribution in [3.8, 4) is 0 Å². The summed E-state index contributed by atoms with van der Waals surface area (Å²) in [5.74, 6) is -0.368. The molecular weight excluding hydrogens is 198 g/mol. The third kappa shape index (κ3) is 7.30. The van der Waals surface area contributed by atoms with E-state index in [9.17, 15) is 4.79 Å². The van der Waals surface area contributed by atoms with Crippen LogP contribution in [-0.4, -0.2) is 47.1 Å². The fourth-order valence-electron chi connectivity index (χ4n) is 0.851. The van der Waals surface area contributed by atoms with Gasteiger partial charge in [0.1, 0.15) is 11.6 Å². The molecule has 0 rings (SSSR count). The zero-order valence-electron chi connectivity index (χ0n) is 9.78. The van der Waals surface area contributed by atoms with Crippen LogP contribution in [0.3, 0.4) is 0 Å². The van der Waals surface area contributed by atoms with Gasteiger partial charge in [0.25, 0.3) is 0 Å². The molecule has 0 aromatic rings. The lowest BCUT2D eigenvalue weighted by Gasteiger charge is -2.23. The van der Waals surface area contributed by atoms with Crippen LogP contribution in [0.15, 0.2) is 0 Å². The second-order valence-corrected chi connectivity index (χ2v) is 4.50. The van der Waals surface area contributed by atoms with Gasteiger partial charge in [-0.1, -0.05) is 0 Å². The molecule has 0 aliphatic rings. The minimum absolute atomic E-state index is 0.164. The highest BCUT2D eigenvalue weighted by Crippen LogP contribution is 2.08. The molecule has 0 aliphatic carbocycles. The first-order chi connectivity index (χ1) is 6.76. The number of aliphatic hydroxyl groups excluding tert-OH is 2. The van der Waals surface area contributed by atoms with Crippen LogP contribution in [0.1, 0.15) is 27.7 Å². The van der Waals surface area contributed by atoms with E-state index in [2.05, 4.69) is 5.32 Å². The van der Waals surface area contributed by atoms with Crippen molar-refractivity contribution >= 4 is 5.97 Å². The van der Waals surface area contributed by atoms with Crippen LogP contribution < -0.4 is 5.32 Å². The minimum Gasteiger partial charge on any atom is -0.459 e. The van der Waals surface area contributed by atoms with Crippen molar-refractivity contribution in [1.29, 1.82) is 0 Å². The monoisotopic (exact) mass is 219 g/mol. The first-order valence-electron chi connectivity index (χ1n) is 5.01. The number of aliphatic hydroxyl groups is 2. The second kappa shape index (κ2) is 6.05. The largest absolute Gasteiger partial charge is 0.459 e. The summed E-state index contributed by atoms with van der Waals surface area (Å²) in [6.07, 6.45) is -0.852. The maximum Gasteiger partial charge on any atom is 0.323 e. The molecule has 0 saturated carbocycles. The van der Waals surface area contributed by atoms with Gasteiger partial charge >= 0.3 is 5.97 Å². The molecular formula is C10H21NO4. The van der Waals surface area contributed by atoms with Gasteiger partial charge < -0.3 is 20.3 Å². The van der Waals surface area contributed by atoms with Crippen LogP contribution in [0, 0.1) is 0 Å². The number of esters is 1. The Morgan fingerprint density at radius 3 is 2.40 bits per heavy atom. The van der Waals surface area contributed by atoms with E-state index in [0.29, 0.717) is 0 Å². The number of nitrogens with one attached hydrogen (secondary N) is 1. The summed E-state index contributed by atoms with van der Waals surface area (Å²) in [6.45, 7) is 6.86. The van der Waals surface area contributed by atoms with Gasteiger partial charge in [0, 0.05) is 6.54 Å². The minimum atomic E-state index is -0.852. The highest BCUT2D eigenvalue weighted by Gasteiger charge is 2.21. The normalized spacial score (nSPS) is 15.9. The molecule has 0 fully saturated rings. The Morgan fingerprint density at radius 1 is 1.47 bits per heavy atom. The molecule has 15 heavy (non-hydrogen) atoms. The zero-order valence-corrected chi connectivity index (χ0v) is 9.78. The van der Waals surface area contributed by atoms with Gasteiger partial charge in [0.2, 0.25) is 0 Å². The third-order valence-corrected chi connectivity index (χ3v) is 1.63. The predicted molar refractivity (Wildman–Crippen MR) is 56.4 cm³/mol. The van der Waals surface area contributed by atoms with E-state index in [1.807, 2.05) is 0 Å². The summed E-state index contributed by atoms with van der Waals surface area (Å²) < 4.78 is 5.12. The van der Waals surface area contributed by atoms with E-state index in [1.54, 1.807) is 27.7 Å². The van der Waals surface area contributed by atoms with Crippen molar-refractivity contribution < 1.29 is 19.7 Å². The lowest BCUT2D eigenvalue weighted by molar-refractivity contribution is -0.157. The molecule has 0 heterocycles. The summed E-state index contributed by atoms with van der Waals surface area (Å²) in [5, 5.41) is 20.4. The number of rotatable bonds is 5. The molecule has 0 saturated heterocycles. The standard InChI is InChI=1S/C10H21NO4/c1-7(11-5-8(13)6-12)9(14)15-10(2,3)4/h7-8,11-13H,5-6H2,1-4H3.